The van der Waals surface area contributed by atoms with Crippen molar-refractivity contribution in [3.05, 3.63) is 88.7 Å². The molecule has 0 fully saturated rings. The summed E-state index contributed by atoms with van der Waals surface area (Å²) in [5.41, 5.74) is 9.39. The minimum atomic E-state index is -0.566. The molecular formula is C26H27N3O4. The fourth-order valence-corrected chi connectivity index (χ4v) is 3.95. The number of nitrogens with one attached hydrogen (secondary N) is 1. The Hall–Kier alpha value is -3.87. The molecule has 7 nitrogen and oxygen atoms in total. The van der Waals surface area contributed by atoms with Crippen molar-refractivity contribution in [3.63, 3.8) is 0 Å². The van der Waals surface area contributed by atoms with Crippen molar-refractivity contribution in [2.75, 3.05) is 6.61 Å². The summed E-state index contributed by atoms with van der Waals surface area (Å²) in [6.07, 6.45) is 4.08. The Balaban J connectivity index is 1.37. The van der Waals surface area contributed by atoms with Crippen LogP contribution in [0.4, 0.5) is 0 Å². The molecule has 0 radical (unpaired) electrons. The van der Waals surface area contributed by atoms with E-state index in [2.05, 4.69) is 16.4 Å². The summed E-state index contributed by atoms with van der Waals surface area (Å²) in [5, 5.41) is 3.15. The highest BCUT2D eigenvalue weighted by Crippen LogP contribution is 2.26. The first-order chi connectivity index (χ1) is 16.0. The van der Waals surface area contributed by atoms with Gasteiger partial charge in [-0.1, -0.05) is 6.07 Å². The molecule has 7 heteroatoms. The Morgan fingerprint density at radius 2 is 1.82 bits per heavy atom. The average molecular weight is 446 g/mol. The number of nitrogens with two attached hydrogens (primary N) is 1. The Morgan fingerprint density at radius 3 is 2.58 bits per heavy atom. The quantitative estimate of drug-likeness (QED) is 0.553. The lowest BCUT2D eigenvalue weighted by molar-refractivity contribution is 0.0932. The van der Waals surface area contributed by atoms with Crippen LogP contribution in [0, 0.1) is 0 Å². The van der Waals surface area contributed by atoms with Crippen LogP contribution in [0.25, 0.3) is 0 Å². The molecule has 3 N–H and O–H groups in total. The second-order valence-corrected chi connectivity index (χ2v) is 8.00. The van der Waals surface area contributed by atoms with Gasteiger partial charge in [0.15, 0.2) is 0 Å². The lowest BCUT2D eigenvalue weighted by atomic mass is 9.88. The van der Waals surface area contributed by atoms with E-state index in [1.165, 1.54) is 11.1 Å². The zero-order valence-electron chi connectivity index (χ0n) is 18.5. The lowest BCUT2D eigenvalue weighted by Gasteiger charge is -2.26. The molecule has 2 aromatic carbocycles. The second-order valence-electron chi connectivity index (χ2n) is 8.00. The molecule has 1 heterocycles. The molecule has 0 saturated carbocycles. The van der Waals surface area contributed by atoms with Gasteiger partial charge in [0.05, 0.1) is 6.61 Å². The molecule has 4 rings (SSSR count). The number of carbonyl (C=O) groups is 2. The highest BCUT2D eigenvalue weighted by molar-refractivity contribution is 5.94. The molecule has 2 amide bonds. The van der Waals surface area contributed by atoms with Crippen LogP contribution in [0.5, 0.6) is 11.5 Å². The number of hydrogen-bond donors (Lipinski definition) is 2. The maximum atomic E-state index is 12.7. The summed E-state index contributed by atoms with van der Waals surface area (Å²) in [6.45, 7) is 2.83. The van der Waals surface area contributed by atoms with Crippen molar-refractivity contribution >= 4 is 11.8 Å². The van der Waals surface area contributed by atoms with Crippen LogP contribution in [0.2, 0.25) is 0 Å². The third kappa shape index (κ3) is 5.68. The molecule has 1 unspecified atom stereocenters. The number of hydrogen-bond acceptors (Lipinski definition) is 5. The van der Waals surface area contributed by atoms with Crippen molar-refractivity contribution in [1.82, 2.24) is 10.3 Å². The molecule has 1 aliphatic carbocycles. The first-order valence-corrected chi connectivity index (χ1v) is 11.0. The molecule has 0 bridgehead atoms. The molecular weight excluding hydrogens is 418 g/mol. The van der Waals surface area contributed by atoms with Gasteiger partial charge in [-0.05, 0) is 91.4 Å². The molecule has 170 valence electrons. The van der Waals surface area contributed by atoms with E-state index < -0.39 is 5.91 Å². The summed E-state index contributed by atoms with van der Waals surface area (Å²) in [6, 6.07) is 16.7. The van der Waals surface area contributed by atoms with E-state index in [-0.39, 0.29) is 17.6 Å². The SMILES string of the molecule is CCOc1ccc(C(=O)NC2CCc3ccc(OCc4ccnc(C(N)=O)c4)cc3C2)cc1. The van der Waals surface area contributed by atoms with Crippen LogP contribution >= 0.6 is 0 Å². The van der Waals surface area contributed by atoms with Crippen molar-refractivity contribution in [2.45, 2.75) is 38.8 Å². The number of fused-ring (bicyclic) bond motifs is 1. The normalized spacial score (nSPS) is 14.8. The summed E-state index contributed by atoms with van der Waals surface area (Å²) in [5.74, 6) is 0.848. The zero-order chi connectivity index (χ0) is 23.2. The third-order valence-electron chi connectivity index (χ3n) is 5.65. The molecule has 0 aliphatic heterocycles. The highest BCUT2D eigenvalue weighted by Gasteiger charge is 2.21. The number of pyridine rings is 1. The van der Waals surface area contributed by atoms with Gasteiger partial charge < -0.3 is 20.5 Å². The van der Waals surface area contributed by atoms with Gasteiger partial charge in [-0.25, -0.2) is 0 Å². The van der Waals surface area contributed by atoms with Gasteiger partial charge in [0.1, 0.15) is 23.8 Å². The van der Waals surface area contributed by atoms with Gasteiger partial charge in [0.2, 0.25) is 0 Å². The van der Waals surface area contributed by atoms with Gasteiger partial charge in [0, 0.05) is 17.8 Å². The number of primary amides is 1. The van der Waals surface area contributed by atoms with Crippen molar-refractivity contribution in [1.29, 1.82) is 0 Å². The molecule has 1 atom stereocenters. The van der Waals surface area contributed by atoms with E-state index in [0.29, 0.717) is 18.8 Å². The van der Waals surface area contributed by atoms with Gasteiger partial charge >= 0.3 is 0 Å². The Kier molecular flexibility index (Phi) is 6.88. The van der Waals surface area contributed by atoms with E-state index >= 15 is 0 Å². The Labute approximate surface area is 192 Å². The molecule has 0 saturated heterocycles. The minimum absolute atomic E-state index is 0.0603. The van der Waals surface area contributed by atoms with E-state index in [9.17, 15) is 9.59 Å². The van der Waals surface area contributed by atoms with Crippen molar-refractivity contribution in [2.24, 2.45) is 5.73 Å². The first-order valence-electron chi connectivity index (χ1n) is 11.0. The largest absolute Gasteiger partial charge is 0.494 e. The summed E-state index contributed by atoms with van der Waals surface area (Å²) >= 11 is 0. The smallest absolute Gasteiger partial charge is 0.267 e. The second kappa shape index (κ2) is 10.2. The van der Waals surface area contributed by atoms with Crippen LogP contribution in [0.15, 0.2) is 60.8 Å². The number of nitrogens with zero attached hydrogens (tertiary/aromatic N) is 1. The maximum Gasteiger partial charge on any atom is 0.267 e. The van der Waals surface area contributed by atoms with E-state index in [1.54, 1.807) is 30.5 Å². The third-order valence-corrected chi connectivity index (χ3v) is 5.65. The van der Waals surface area contributed by atoms with E-state index in [1.807, 2.05) is 31.2 Å². The van der Waals surface area contributed by atoms with Crippen molar-refractivity contribution < 1.29 is 19.1 Å². The lowest BCUT2D eigenvalue weighted by Crippen LogP contribution is -2.38. The topological polar surface area (TPSA) is 104 Å². The number of benzene rings is 2. The Bertz CT molecular complexity index is 1140. The number of aryl methyl sites for hydroxylation is 1. The summed E-state index contributed by atoms with van der Waals surface area (Å²) in [4.78, 5) is 27.9. The molecule has 33 heavy (non-hydrogen) atoms. The number of ether oxygens (including phenoxy) is 2. The predicted octanol–water partition coefficient (Wildman–Crippen LogP) is 3.45. The fourth-order valence-electron chi connectivity index (χ4n) is 3.95. The molecule has 1 aliphatic rings. The van der Waals surface area contributed by atoms with E-state index in [0.717, 1.165) is 36.3 Å². The van der Waals surface area contributed by atoms with Crippen LogP contribution in [-0.2, 0) is 19.4 Å². The maximum absolute atomic E-state index is 12.7. The van der Waals surface area contributed by atoms with Crippen molar-refractivity contribution in [3.8, 4) is 11.5 Å². The van der Waals surface area contributed by atoms with Crippen LogP contribution in [0.3, 0.4) is 0 Å². The highest BCUT2D eigenvalue weighted by atomic mass is 16.5. The van der Waals surface area contributed by atoms with Crippen LogP contribution < -0.4 is 20.5 Å². The van der Waals surface area contributed by atoms with E-state index in [4.69, 9.17) is 15.2 Å². The number of rotatable bonds is 8. The fraction of sp³-hybridized carbons (Fsp3) is 0.269. The van der Waals surface area contributed by atoms with Gasteiger partial charge in [-0.2, -0.15) is 0 Å². The van der Waals surface area contributed by atoms with Gasteiger partial charge in [0.25, 0.3) is 11.8 Å². The zero-order valence-corrected chi connectivity index (χ0v) is 18.5. The standard InChI is InChI=1S/C26H27N3O4/c1-2-32-22-8-5-19(6-9-22)26(31)29-21-7-3-18-4-10-23(15-20(18)14-21)33-16-17-11-12-28-24(13-17)25(27)30/h4-6,8-13,15,21H,2-3,7,14,16H2,1H3,(H2,27,30)(H,29,31). The Morgan fingerprint density at radius 1 is 1.03 bits per heavy atom. The summed E-state index contributed by atoms with van der Waals surface area (Å²) in [7, 11) is 0. The average Bonchev–Trinajstić information content (AvgIpc) is 2.83. The monoisotopic (exact) mass is 445 g/mol. The predicted molar refractivity (Wildman–Crippen MR) is 124 cm³/mol. The molecule has 1 aromatic heterocycles. The molecule has 3 aromatic rings. The van der Waals surface area contributed by atoms with Crippen LogP contribution in [0.1, 0.15) is 50.9 Å². The summed E-state index contributed by atoms with van der Waals surface area (Å²) < 4.78 is 11.4. The number of amides is 2. The van der Waals surface area contributed by atoms with Gasteiger partial charge in [-0.3, -0.25) is 14.6 Å². The minimum Gasteiger partial charge on any atom is -0.494 e. The molecule has 0 spiro atoms. The van der Waals surface area contributed by atoms with Gasteiger partial charge in [-0.15, -0.1) is 0 Å². The van der Waals surface area contributed by atoms with Crippen LogP contribution in [-0.4, -0.2) is 29.4 Å². The number of carbonyl (C=O) groups excluding carboxylic acids is 2. The first kappa shape index (κ1) is 22.3. The number of aromatic nitrogens is 1.